The first-order valence-electron chi connectivity index (χ1n) is 7.68. The van der Waals surface area contributed by atoms with Gasteiger partial charge < -0.3 is 14.5 Å². The van der Waals surface area contributed by atoms with E-state index in [1.165, 1.54) is 12.0 Å². The number of hydrogen-bond donors (Lipinski definition) is 0. The number of carbonyl (C=O) groups excluding carboxylic acids is 3. The number of esters is 1. The SMILES string of the molecule is COC(=O)CN(Cc1ccccc1C)C(=O)CN1CCCC1=O. The number of likely N-dealkylation sites (tertiary alicyclic amines) is 1. The van der Waals surface area contributed by atoms with Gasteiger partial charge in [0.25, 0.3) is 0 Å². The van der Waals surface area contributed by atoms with E-state index in [1.807, 2.05) is 31.2 Å². The molecule has 1 aromatic carbocycles. The molecule has 2 amide bonds. The molecule has 2 rings (SSSR count). The minimum absolute atomic E-state index is 0.00717. The number of amides is 2. The molecule has 0 unspecified atom stereocenters. The lowest BCUT2D eigenvalue weighted by molar-refractivity contribution is -0.148. The van der Waals surface area contributed by atoms with Crippen molar-refractivity contribution in [2.45, 2.75) is 26.3 Å². The first-order valence-corrected chi connectivity index (χ1v) is 7.68. The van der Waals surface area contributed by atoms with E-state index in [4.69, 9.17) is 0 Å². The summed E-state index contributed by atoms with van der Waals surface area (Å²) in [5.74, 6) is -0.721. The van der Waals surface area contributed by atoms with Crippen LogP contribution in [0.2, 0.25) is 0 Å². The number of carbonyl (C=O) groups is 3. The predicted octanol–water partition coefficient (Wildman–Crippen LogP) is 1.12. The summed E-state index contributed by atoms with van der Waals surface area (Å²) in [4.78, 5) is 38.8. The number of benzene rings is 1. The zero-order chi connectivity index (χ0) is 16.8. The average molecular weight is 318 g/mol. The summed E-state index contributed by atoms with van der Waals surface area (Å²) in [7, 11) is 1.29. The highest BCUT2D eigenvalue weighted by atomic mass is 16.5. The van der Waals surface area contributed by atoms with Crippen LogP contribution in [0.25, 0.3) is 0 Å². The van der Waals surface area contributed by atoms with Crippen LogP contribution >= 0.6 is 0 Å². The van der Waals surface area contributed by atoms with E-state index in [0.717, 1.165) is 17.5 Å². The van der Waals surface area contributed by atoms with Crippen LogP contribution in [0.4, 0.5) is 0 Å². The Morgan fingerprint density at radius 2 is 2.04 bits per heavy atom. The molecule has 1 saturated heterocycles. The van der Waals surface area contributed by atoms with E-state index < -0.39 is 5.97 Å². The maximum atomic E-state index is 12.5. The smallest absolute Gasteiger partial charge is 0.325 e. The number of hydrogen-bond acceptors (Lipinski definition) is 4. The topological polar surface area (TPSA) is 66.9 Å². The summed E-state index contributed by atoms with van der Waals surface area (Å²) < 4.78 is 4.68. The van der Waals surface area contributed by atoms with Crippen LogP contribution < -0.4 is 0 Å². The minimum atomic E-state index is -0.473. The molecular formula is C17H22N2O4. The summed E-state index contributed by atoms with van der Waals surface area (Å²) in [6.07, 6.45) is 1.27. The van der Waals surface area contributed by atoms with Gasteiger partial charge >= 0.3 is 5.97 Å². The average Bonchev–Trinajstić information content (AvgIpc) is 2.93. The molecule has 1 heterocycles. The molecule has 1 aliphatic heterocycles. The van der Waals surface area contributed by atoms with Gasteiger partial charge in [-0.1, -0.05) is 24.3 Å². The van der Waals surface area contributed by atoms with Gasteiger partial charge in [0.15, 0.2) is 0 Å². The number of methoxy groups -OCH3 is 1. The van der Waals surface area contributed by atoms with Gasteiger partial charge in [-0.3, -0.25) is 14.4 Å². The second-order valence-electron chi connectivity index (χ2n) is 5.67. The number of nitrogens with zero attached hydrogens (tertiary/aromatic N) is 2. The van der Waals surface area contributed by atoms with E-state index in [-0.39, 0.29) is 24.9 Å². The molecule has 0 N–H and O–H groups in total. The van der Waals surface area contributed by atoms with E-state index in [2.05, 4.69) is 4.74 Å². The van der Waals surface area contributed by atoms with Crippen molar-refractivity contribution in [3.63, 3.8) is 0 Å². The molecule has 6 nitrogen and oxygen atoms in total. The second kappa shape index (κ2) is 7.76. The van der Waals surface area contributed by atoms with Crippen molar-refractivity contribution in [1.82, 2.24) is 9.80 Å². The van der Waals surface area contributed by atoms with Crippen molar-refractivity contribution in [1.29, 1.82) is 0 Å². The molecule has 0 radical (unpaired) electrons. The van der Waals surface area contributed by atoms with E-state index >= 15 is 0 Å². The fourth-order valence-electron chi connectivity index (χ4n) is 2.58. The Balaban J connectivity index is 2.09. The molecule has 1 fully saturated rings. The standard InChI is InChI=1S/C17H22N2O4/c1-13-6-3-4-7-14(13)10-19(12-17(22)23-2)16(21)11-18-9-5-8-15(18)20/h3-4,6-7H,5,8-12H2,1-2H3. The Morgan fingerprint density at radius 1 is 1.30 bits per heavy atom. The van der Waals surface area contributed by atoms with Gasteiger partial charge in [-0.25, -0.2) is 0 Å². The highest BCUT2D eigenvalue weighted by molar-refractivity contribution is 5.87. The molecule has 0 aliphatic carbocycles. The van der Waals surface area contributed by atoms with Gasteiger partial charge in [0, 0.05) is 19.5 Å². The maximum Gasteiger partial charge on any atom is 0.325 e. The molecule has 0 spiro atoms. The van der Waals surface area contributed by atoms with Crippen LogP contribution in [0.5, 0.6) is 0 Å². The molecule has 0 atom stereocenters. The molecular weight excluding hydrogens is 296 g/mol. The number of rotatable bonds is 6. The van der Waals surface area contributed by atoms with Crippen molar-refractivity contribution in [3.8, 4) is 0 Å². The molecule has 1 aromatic rings. The third-order valence-corrected chi connectivity index (χ3v) is 4.02. The monoisotopic (exact) mass is 318 g/mol. The third kappa shape index (κ3) is 4.55. The Labute approximate surface area is 136 Å². The lowest BCUT2D eigenvalue weighted by atomic mass is 10.1. The summed E-state index contributed by atoms with van der Waals surface area (Å²) in [5.41, 5.74) is 2.02. The normalized spacial score (nSPS) is 14.0. The fourth-order valence-corrected chi connectivity index (χ4v) is 2.58. The van der Waals surface area contributed by atoms with E-state index in [9.17, 15) is 14.4 Å². The molecule has 0 bridgehead atoms. The zero-order valence-electron chi connectivity index (χ0n) is 13.6. The highest BCUT2D eigenvalue weighted by Gasteiger charge is 2.26. The second-order valence-corrected chi connectivity index (χ2v) is 5.67. The number of ether oxygens (including phenoxy) is 1. The van der Waals surface area contributed by atoms with Crippen molar-refractivity contribution in [2.24, 2.45) is 0 Å². The van der Waals surface area contributed by atoms with Crippen LogP contribution in [-0.2, 0) is 25.7 Å². The van der Waals surface area contributed by atoms with Crippen LogP contribution in [0.3, 0.4) is 0 Å². The number of aryl methyl sites for hydroxylation is 1. The summed E-state index contributed by atoms with van der Waals surface area (Å²) in [6.45, 7) is 2.77. The predicted molar refractivity (Wildman–Crippen MR) is 84.4 cm³/mol. The van der Waals surface area contributed by atoms with Crippen molar-refractivity contribution < 1.29 is 19.1 Å². The Hall–Kier alpha value is -2.37. The lowest BCUT2D eigenvalue weighted by Crippen LogP contribution is -2.43. The highest BCUT2D eigenvalue weighted by Crippen LogP contribution is 2.13. The Kier molecular flexibility index (Phi) is 5.73. The minimum Gasteiger partial charge on any atom is -0.468 e. The van der Waals surface area contributed by atoms with Gasteiger partial charge in [-0.15, -0.1) is 0 Å². The van der Waals surface area contributed by atoms with E-state index in [1.54, 1.807) is 4.90 Å². The van der Waals surface area contributed by atoms with Crippen molar-refractivity contribution in [2.75, 3.05) is 26.7 Å². The van der Waals surface area contributed by atoms with Crippen LogP contribution in [-0.4, -0.2) is 54.3 Å². The molecule has 0 saturated carbocycles. The van der Waals surface area contributed by atoms with E-state index in [0.29, 0.717) is 19.5 Å². The molecule has 124 valence electrons. The lowest BCUT2D eigenvalue weighted by Gasteiger charge is -2.25. The van der Waals surface area contributed by atoms with Crippen molar-refractivity contribution >= 4 is 17.8 Å². The molecule has 6 heteroatoms. The first-order chi connectivity index (χ1) is 11.0. The fraction of sp³-hybridized carbons (Fsp3) is 0.471. The summed E-state index contributed by atoms with van der Waals surface area (Å²) >= 11 is 0. The Morgan fingerprint density at radius 3 is 2.65 bits per heavy atom. The van der Waals surface area contributed by atoms with Crippen LogP contribution in [0.1, 0.15) is 24.0 Å². The molecule has 0 aromatic heterocycles. The zero-order valence-corrected chi connectivity index (χ0v) is 13.6. The van der Waals surface area contributed by atoms with Gasteiger partial charge in [-0.05, 0) is 24.5 Å². The van der Waals surface area contributed by atoms with Gasteiger partial charge in [0.2, 0.25) is 11.8 Å². The van der Waals surface area contributed by atoms with Crippen LogP contribution in [0.15, 0.2) is 24.3 Å². The van der Waals surface area contributed by atoms with Gasteiger partial charge in [0.05, 0.1) is 13.7 Å². The summed E-state index contributed by atoms with van der Waals surface area (Å²) in [6, 6.07) is 7.70. The quantitative estimate of drug-likeness (QED) is 0.737. The largest absolute Gasteiger partial charge is 0.468 e. The Bertz CT molecular complexity index is 600. The molecule has 23 heavy (non-hydrogen) atoms. The molecule has 1 aliphatic rings. The van der Waals surface area contributed by atoms with Gasteiger partial charge in [0.1, 0.15) is 6.54 Å². The van der Waals surface area contributed by atoms with Crippen molar-refractivity contribution in [3.05, 3.63) is 35.4 Å². The summed E-state index contributed by atoms with van der Waals surface area (Å²) in [5, 5.41) is 0. The third-order valence-electron chi connectivity index (χ3n) is 4.02. The first kappa shape index (κ1) is 17.0. The van der Waals surface area contributed by atoms with Crippen LogP contribution in [0, 0.1) is 6.92 Å². The maximum absolute atomic E-state index is 12.5. The van der Waals surface area contributed by atoms with Gasteiger partial charge in [-0.2, -0.15) is 0 Å².